The van der Waals surface area contributed by atoms with Crippen LogP contribution in [-0.4, -0.2) is 24.2 Å². The Morgan fingerprint density at radius 3 is 2.64 bits per heavy atom. The maximum atomic E-state index is 5.40. The molecule has 0 atom stereocenters. The summed E-state index contributed by atoms with van der Waals surface area (Å²) >= 11 is 5.19. The quantitative estimate of drug-likeness (QED) is 0.486. The van der Waals surface area contributed by atoms with Crippen LogP contribution in [0, 0.1) is 0 Å². The van der Waals surface area contributed by atoms with E-state index < -0.39 is 0 Å². The summed E-state index contributed by atoms with van der Waals surface area (Å²) in [4.78, 5) is 0. The molecule has 0 bridgehead atoms. The Bertz CT molecular complexity index is 167. The van der Waals surface area contributed by atoms with Crippen LogP contribution in [-0.2, 0) is 0 Å². The summed E-state index contributed by atoms with van der Waals surface area (Å²) < 4.78 is 0. The molecule has 1 saturated carbocycles. The van der Waals surface area contributed by atoms with E-state index in [-0.39, 0.29) is 0 Å². The van der Waals surface area contributed by atoms with Gasteiger partial charge in [-0.05, 0) is 38.0 Å². The van der Waals surface area contributed by atoms with Crippen LogP contribution < -0.4 is 16.4 Å². The van der Waals surface area contributed by atoms with Crippen LogP contribution in [0.2, 0.25) is 0 Å². The fraction of sp³-hybridized carbons (Fsp3) is 0.900. The first-order valence-electron chi connectivity index (χ1n) is 5.57. The first-order valence-corrected chi connectivity index (χ1v) is 5.98. The molecule has 0 radical (unpaired) electrons. The van der Waals surface area contributed by atoms with Gasteiger partial charge in [-0.25, -0.2) is 0 Å². The third-order valence-electron chi connectivity index (χ3n) is 2.61. The maximum absolute atomic E-state index is 5.40. The van der Waals surface area contributed by atoms with E-state index in [0.717, 1.165) is 24.6 Å². The Balaban J connectivity index is 2.06. The molecule has 0 heterocycles. The van der Waals surface area contributed by atoms with E-state index in [0.29, 0.717) is 6.04 Å². The molecule has 0 aromatic heterocycles. The highest BCUT2D eigenvalue weighted by atomic mass is 32.1. The van der Waals surface area contributed by atoms with Crippen molar-refractivity contribution in [1.29, 1.82) is 0 Å². The van der Waals surface area contributed by atoms with Gasteiger partial charge in [0, 0.05) is 12.6 Å². The minimum atomic E-state index is 0.599. The molecule has 4 heteroatoms. The van der Waals surface area contributed by atoms with E-state index in [1.165, 1.54) is 32.1 Å². The van der Waals surface area contributed by atoms with E-state index in [4.69, 9.17) is 18.0 Å². The average molecular weight is 215 g/mol. The lowest BCUT2D eigenvalue weighted by atomic mass is 9.96. The summed E-state index contributed by atoms with van der Waals surface area (Å²) in [5.74, 6) is 0. The molecule has 0 unspecified atom stereocenters. The Kier molecular flexibility index (Phi) is 5.87. The number of hydrogen-bond acceptors (Lipinski definition) is 2. The second-order valence-electron chi connectivity index (χ2n) is 3.88. The zero-order valence-corrected chi connectivity index (χ0v) is 9.54. The fourth-order valence-electron chi connectivity index (χ4n) is 1.79. The van der Waals surface area contributed by atoms with Crippen molar-refractivity contribution in [1.82, 2.24) is 10.6 Å². The second-order valence-corrected chi connectivity index (χ2v) is 4.29. The monoisotopic (exact) mass is 215 g/mol. The molecule has 1 aliphatic rings. The molecule has 3 nitrogen and oxygen atoms in total. The SMILES string of the molecule is NCCCNC(=S)NC1CCCCC1. The van der Waals surface area contributed by atoms with Gasteiger partial charge in [0.2, 0.25) is 0 Å². The third-order valence-corrected chi connectivity index (χ3v) is 2.87. The summed E-state index contributed by atoms with van der Waals surface area (Å²) in [7, 11) is 0. The smallest absolute Gasteiger partial charge is 0.166 e. The standard InChI is InChI=1S/C10H21N3S/c11-7-4-8-12-10(14)13-9-5-2-1-3-6-9/h9H,1-8,11H2,(H2,12,13,14). The van der Waals surface area contributed by atoms with Crippen molar-refractivity contribution >= 4 is 17.3 Å². The lowest BCUT2D eigenvalue weighted by Crippen LogP contribution is -2.43. The van der Waals surface area contributed by atoms with E-state index in [1.54, 1.807) is 0 Å². The molecular formula is C10H21N3S. The van der Waals surface area contributed by atoms with Gasteiger partial charge >= 0.3 is 0 Å². The van der Waals surface area contributed by atoms with Gasteiger partial charge in [0.05, 0.1) is 0 Å². The molecule has 1 fully saturated rings. The second kappa shape index (κ2) is 7.01. The van der Waals surface area contributed by atoms with E-state index in [1.807, 2.05) is 0 Å². The van der Waals surface area contributed by atoms with Crippen molar-refractivity contribution in [2.45, 2.75) is 44.6 Å². The predicted molar refractivity (Wildman–Crippen MR) is 64.3 cm³/mol. The number of rotatable bonds is 4. The van der Waals surface area contributed by atoms with Gasteiger partial charge in [0.1, 0.15) is 0 Å². The molecule has 0 aliphatic heterocycles. The average Bonchev–Trinajstić information content (AvgIpc) is 2.20. The van der Waals surface area contributed by atoms with Gasteiger partial charge in [-0.1, -0.05) is 19.3 Å². The van der Waals surface area contributed by atoms with Crippen LogP contribution in [0.25, 0.3) is 0 Å². The Labute approximate surface area is 91.8 Å². The molecule has 0 amide bonds. The van der Waals surface area contributed by atoms with E-state index in [9.17, 15) is 0 Å². The maximum Gasteiger partial charge on any atom is 0.166 e. The van der Waals surface area contributed by atoms with Crippen LogP contribution in [0.4, 0.5) is 0 Å². The summed E-state index contributed by atoms with van der Waals surface area (Å²) in [6.07, 6.45) is 7.56. The molecule has 0 aromatic carbocycles. The molecule has 0 saturated heterocycles. The van der Waals surface area contributed by atoms with Crippen molar-refractivity contribution in [3.8, 4) is 0 Å². The highest BCUT2D eigenvalue weighted by Crippen LogP contribution is 2.17. The number of nitrogens with one attached hydrogen (secondary N) is 2. The molecule has 0 aromatic rings. The largest absolute Gasteiger partial charge is 0.363 e. The van der Waals surface area contributed by atoms with Crippen LogP contribution in [0.1, 0.15) is 38.5 Å². The lowest BCUT2D eigenvalue weighted by molar-refractivity contribution is 0.412. The molecule has 1 rings (SSSR count). The minimum Gasteiger partial charge on any atom is -0.363 e. The summed E-state index contributed by atoms with van der Waals surface area (Å²) in [6, 6.07) is 0.599. The Morgan fingerprint density at radius 1 is 1.29 bits per heavy atom. The molecule has 4 N–H and O–H groups in total. The van der Waals surface area contributed by atoms with Crippen molar-refractivity contribution in [3.05, 3.63) is 0 Å². The molecule has 0 spiro atoms. The van der Waals surface area contributed by atoms with Crippen molar-refractivity contribution < 1.29 is 0 Å². The molecule has 1 aliphatic carbocycles. The van der Waals surface area contributed by atoms with Gasteiger partial charge in [-0.15, -0.1) is 0 Å². The molecular weight excluding hydrogens is 194 g/mol. The van der Waals surface area contributed by atoms with Gasteiger partial charge in [0.25, 0.3) is 0 Å². The molecule has 82 valence electrons. The first kappa shape index (κ1) is 11.7. The highest BCUT2D eigenvalue weighted by molar-refractivity contribution is 7.80. The van der Waals surface area contributed by atoms with Gasteiger partial charge in [-0.2, -0.15) is 0 Å². The zero-order valence-electron chi connectivity index (χ0n) is 8.72. The van der Waals surface area contributed by atoms with Crippen molar-refractivity contribution in [3.63, 3.8) is 0 Å². The number of thiocarbonyl (C=S) groups is 1. The van der Waals surface area contributed by atoms with Crippen molar-refractivity contribution in [2.24, 2.45) is 5.73 Å². The molecule has 14 heavy (non-hydrogen) atoms. The first-order chi connectivity index (χ1) is 6.83. The van der Waals surface area contributed by atoms with E-state index in [2.05, 4.69) is 10.6 Å². The number of nitrogens with two attached hydrogens (primary N) is 1. The Hall–Kier alpha value is -0.350. The normalized spacial score (nSPS) is 17.8. The zero-order chi connectivity index (χ0) is 10.2. The highest BCUT2D eigenvalue weighted by Gasteiger charge is 2.13. The fourth-order valence-corrected chi connectivity index (χ4v) is 2.06. The third kappa shape index (κ3) is 4.77. The topological polar surface area (TPSA) is 50.1 Å². The van der Waals surface area contributed by atoms with E-state index >= 15 is 0 Å². The van der Waals surface area contributed by atoms with Crippen LogP contribution in [0.3, 0.4) is 0 Å². The Morgan fingerprint density at radius 2 is 2.00 bits per heavy atom. The summed E-state index contributed by atoms with van der Waals surface area (Å²) in [5, 5.41) is 7.33. The predicted octanol–water partition coefficient (Wildman–Crippen LogP) is 1.13. The lowest BCUT2D eigenvalue weighted by Gasteiger charge is -2.24. The van der Waals surface area contributed by atoms with Crippen LogP contribution in [0.15, 0.2) is 0 Å². The summed E-state index contributed by atoms with van der Waals surface area (Å²) in [5.41, 5.74) is 5.40. The van der Waals surface area contributed by atoms with Gasteiger partial charge in [-0.3, -0.25) is 0 Å². The minimum absolute atomic E-state index is 0.599. The van der Waals surface area contributed by atoms with Gasteiger partial charge in [0.15, 0.2) is 5.11 Å². The van der Waals surface area contributed by atoms with Gasteiger partial charge < -0.3 is 16.4 Å². The number of hydrogen-bond donors (Lipinski definition) is 3. The van der Waals surface area contributed by atoms with Crippen LogP contribution in [0.5, 0.6) is 0 Å². The summed E-state index contributed by atoms with van der Waals surface area (Å²) in [6.45, 7) is 1.61. The van der Waals surface area contributed by atoms with Crippen LogP contribution >= 0.6 is 12.2 Å². The van der Waals surface area contributed by atoms with Crippen molar-refractivity contribution in [2.75, 3.05) is 13.1 Å².